The predicted octanol–water partition coefficient (Wildman–Crippen LogP) is 3.09. The molecule has 1 aromatic heterocycles. The highest BCUT2D eigenvalue weighted by Crippen LogP contribution is 2.19. The number of carbonyl (C=O) groups excluding carboxylic acids is 1. The Balaban J connectivity index is 1.77. The van der Waals surface area contributed by atoms with Crippen molar-refractivity contribution in [3.63, 3.8) is 0 Å². The van der Waals surface area contributed by atoms with Crippen LogP contribution in [0, 0.1) is 0 Å². The number of rotatable bonds is 2. The second-order valence-corrected chi connectivity index (χ2v) is 4.47. The summed E-state index contributed by atoms with van der Waals surface area (Å²) in [6, 6.07) is 9.29. The Morgan fingerprint density at radius 1 is 1.22 bits per heavy atom. The van der Waals surface area contributed by atoms with E-state index >= 15 is 0 Å². The van der Waals surface area contributed by atoms with Crippen molar-refractivity contribution in [2.45, 2.75) is 25.7 Å². The standard InChI is InChI=1S/C14H14N2O2/c17-14(16-15-11-6-2-3-7-11)13-9-10-5-1-4-8-12(10)18-13/h1,4-5,8-9H,2-3,6-7H2,(H,16,17). The molecule has 2 aromatic rings. The monoisotopic (exact) mass is 242 g/mol. The van der Waals surface area contributed by atoms with Gasteiger partial charge in [0.15, 0.2) is 5.76 Å². The summed E-state index contributed by atoms with van der Waals surface area (Å²) in [4.78, 5) is 11.9. The molecule has 1 aliphatic carbocycles. The maximum Gasteiger partial charge on any atom is 0.307 e. The lowest BCUT2D eigenvalue weighted by molar-refractivity contribution is 0.0929. The fourth-order valence-electron chi connectivity index (χ4n) is 2.17. The third-order valence-corrected chi connectivity index (χ3v) is 3.15. The molecule has 1 heterocycles. The van der Waals surface area contributed by atoms with Gasteiger partial charge in [-0.15, -0.1) is 0 Å². The number of furan rings is 1. The second kappa shape index (κ2) is 4.64. The number of amides is 1. The summed E-state index contributed by atoms with van der Waals surface area (Å²) in [5, 5.41) is 5.05. The van der Waals surface area contributed by atoms with Crippen molar-refractivity contribution in [3.05, 3.63) is 36.1 Å². The van der Waals surface area contributed by atoms with Crippen molar-refractivity contribution in [1.29, 1.82) is 0 Å². The molecule has 1 amide bonds. The van der Waals surface area contributed by atoms with Crippen molar-refractivity contribution in [1.82, 2.24) is 5.43 Å². The van der Waals surface area contributed by atoms with E-state index in [1.54, 1.807) is 6.07 Å². The number of hydrazone groups is 1. The van der Waals surface area contributed by atoms with Crippen LogP contribution in [-0.2, 0) is 0 Å². The zero-order valence-electron chi connectivity index (χ0n) is 9.98. The predicted molar refractivity (Wildman–Crippen MR) is 69.6 cm³/mol. The summed E-state index contributed by atoms with van der Waals surface area (Å²) < 4.78 is 5.46. The smallest absolute Gasteiger partial charge is 0.307 e. The molecule has 0 unspecified atom stereocenters. The molecule has 1 aliphatic rings. The van der Waals surface area contributed by atoms with Crippen LogP contribution < -0.4 is 5.43 Å². The summed E-state index contributed by atoms with van der Waals surface area (Å²) in [7, 11) is 0. The minimum Gasteiger partial charge on any atom is -0.451 e. The molecule has 1 saturated carbocycles. The Morgan fingerprint density at radius 3 is 2.78 bits per heavy atom. The number of hydrogen-bond donors (Lipinski definition) is 1. The molecular formula is C14H14N2O2. The summed E-state index contributed by atoms with van der Waals surface area (Å²) in [5.41, 5.74) is 4.34. The SMILES string of the molecule is O=C(NN=C1CCCC1)c1cc2ccccc2o1. The fraction of sp³-hybridized carbons (Fsp3) is 0.286. The first-order chi connectivity index (χ1) is 8.83. The number of nitrogens with one attached hydrogen (secondary N) is 1. The minimum absolute atomic E-state index is 0.286. The third kappa shape index (κ3) is 2.14. The van der Waals surface area contributed by atoms with E-state index in [9.17, 15) is 4.79 Å². The first kappa shape index (κ1) is 11.0. The fourth-order valence-corrected chi connectivity index (χ4v) is 2.17. The number of fused-ring (bicyclic) bond motifs is 1. The van der Waals surface area contributed by atoms with Crippen molar-refractivity contribution in [2.24, 2.45) is 5.10 Å². The first-order valence-electron chi connectivity index (χ1n) is 6.17. The van der Waals surface area contributed by atoms with E-state index in [4.69, 9.17) is 4.42 Å². The molecule has 3 rings (SSSR count). The molecule has 1 aromatic carbocycles. The average molecular weight is 242 g/mol. The van der Waals surface area contributed by atoms with Crippen molar-refractivity contribution in [2.75, 3.05) is 0 Å². The lowest BCUT2D eigenvalue weighted by Gasteiger charge is -1.97. The van der Waals surface area contributed by atoms with Gasteiger partial charge in [0, 0.05) is 11.1 Å². The quantitative estimate of drug-likeness (QED) is 0.823. The maximum absolute atomic E-state index is 11.9. The Kier molecular flexibility index (Phi) is 2.84. The summed E-state index contributed by atoms with van der Waals surface area (Å²) in [6.45, 7) is 0. The van der Waals surface area contributed by atoms with Gasteiger partial charge >= 0.3 is 5.91 Å². The molecule has 0 aliphatic heterocycles. The Bertz CT molecular complexity index is 572. The van der Waals surface area contributed by atoms with Gasteiger partial charge in [0.1, 0.15) is 5.58 Å². The lowest BCUT2D eigenvalue weighted by Crippen LogP contribution is -2.18. The molecule has 0 bridgehead atoms. The van der Waals surface area contributed by atoms with Crippen LogP contribution in [0.4, 0.5) is 0 Å². The van der Waals surface area contributed by atoms with Gasteiger partial charge < -0.3 is 4.42 Å². The van der Waals surface area contributed by atoms with E-state index < -0.39 is 0 Å². The molecule has 1 fully saturated rings. The first-order valence-corrected chi connectivity index (χ1v) is 6.17. The number of hydrogen-bond acceptors (Lipinski definition) is 3. The van der Waals surface area contributed by atoms with Crippen LogP contribution in [-0.4, -0.2) is 11.6 Å². The Morgan fingerprint density at radius 2 is 2.00 bits per heavy atom. The molecule has 0 saturated heterocycles. The van der Waals surface area contributed by atoms with Gasteiger partial charge in [0.05, 0.1) is 0 Å². The van der Waals surface area contributed by atoms with Gasteiger partial charge in [0.2, 0.25) is 0 Å². The lowest BCUT2D eigenvalue weighted by atomic mass is 10.2. The average Bonchev–Trinajstić information content (AvgIpc) is 3.04. The summed E-state index contributed by atoms with van der Waals surface area (Å²) in [6.07, 6.45) is 4.31. The van der Waals surface area contributed by atoms with E-state index in [2.05, 4.69) is 10.5 Å². The van der Waals surface area contributed by atoms with Gasteiger partial charge in [-0.1, -0.05) is 18.2 Å². The Labute approximate surface area is 105 Å². The summed E-state index contributed by atoms with van der Waals surface area (Å²) in [5.74, 6) is 0.0177. The van der Waals surface area contributed by atoms with Crippen LogP contribution in [0.15, 0.2) is 39.9 Å². The normalized spacial score (nSPS) is 15.0. The van der Waals surface area contributed by atoms with Crippen LogP contribution in [0.3, 0.4) is 0 Å². The molecule has 92 valence electrons. The van der Waals surface area contributed by atoms with Crippen LogP contribution in [0.1, 0.15) is 36.2 Å². The number of nitrogens with zero attached hydrogens (tertiary/aromatic N) is 1. The highest BCUT2D eigenvalue weighted by Gasteiger charge is 2.13. The van der Waals surface area contributed by atoms with Crippen molar-refractivity contribution in [3.8, 4) is 0 Å². The molecule has 4 heteroatoms. The topological polar surface area (TPSA) is 54.6 Å². The number of para-hydroxylation sites is 1. The van der Waals surface area contributed by atoms with E-state index in [1.165, 1.54) is 12.8 Å². The van der Waals surface area contributed by atoms with Crippen LogP contribution in [0.25, 0.3) is 11.0 Å². The van der Waals surface area contributed by atoms with Crippen LogP contribution >= 0.6 is 0 Å². The minimum atomic E-state index is -0.286. The van der Waals surface area contributed by atoms with E-state index in [-0.39, 0.29) is 5.91 Å². The molecule has 18 heavy (non-hydrogen) atoms. The zero-order chi connectivity index (χ0) is 12.4. The van der Waals surface area contributed by atoms with Gasteiger partial charge in [-0.25, -0.2) is 5.43 Å². The molecular weight excluding hydrogens is 228 g/mol. The Hall–Kier alpha value is -2.10. The zero-order valence-corrected chi connectivity index (χ0v) is 9.98. The third-order valence-electron chi connectivity index (χ3n) is 3.15. The maximum atomic E-state index is 11.9. The molecule has 1 N–H and O–H groups in total. The van der Waals surface area contributed by atoms with Gasteiger partial charge in [-0.05, 0) is 37.8 Å². The largest absolute Gasteiger partial charge is 0.451 e. The highest BCUT2D eigenvalue weighted by molar-refractivity contribution is 5.97. The van der Waals surface area contributed by atoms with Gasteiger partial charge in [0.25, 0.3) is 0 Å². The molecule has 0 radical (unpaired) electrons. The molecule has 0 spiro atoms. The summed E-state index contributed by atoms with van der Waals surface area (Å²) >= 11 is 0. The number of carbonyl (C=O) groups is 1. The van der Waals surface area contributed by atoms with Crippen molar-refractivity contribution >= 4 is 22.6 Å². The van der Waals surface area contributed by atoms with Crippen LogP contribution in [0.2, 0.25) is 0 Å². The van der Waals surface area contributed by atoms with Gasteiger partial charge in [-0.2, -0.15) is 5.10 Å². The highest BCUT2D eigenvalue weighted by atomic mass is 16.3. The van der Waals surface area contributed by atoms with E-state index in [0.29, 0.717) is 5.76 Å². The molecule has 0 atom stereocenters. The van der Waals surface area contributed by atoms with Crippen LogP contribution in [0.5, 0.6) is 0 Å². The van der Waals surface area contributed by atoms with E-state index in [0.717, 1.165) is 29.5 Å². The second-order valence-electron chi connectivity index (χ2n) is 4.47. The van der Waals surface area contributed by atoms with Gasteiger partial charge in [-0.3, -0.25) is 4.79 Å². The van der Waals surface area contributed by atoms with Crippen molar-refractivity contribution < 1.29 is 9.21 Å². The van der Waals surface area contributed by atoms with E-state index in [1.807, 2.05) is 24.3 Å². The number of benzene rings is 1. The molecule has 4 nitrogen and oxygen atoms in total.